The molecule has 0 aliphatic carbocycles. The van der Waals surface area contributed by atoms with E-state index in [4.69, 9.17) is 5.11 Å². The summed E-state index contributed by atoms with van der Waals surface area (Å²) in [6, 6.07) is 4.66. The van der Waals surface area contributed by atoms with Crippen LogP contribution in [0.3, 0.4) is 0 Å². The van der Waals surface area contributed by atoms with E-state index >= 15 is 0 Å². The fourth-order valence-corrected chi connectivity index (χ4v) is 1.76. The van der Waals surface area contributed by atoms with Crippen molar-refractivity contribution < 1.29 is 18.7 Å². The molecular formula is C13H12F2N2O2. The average Bonchev–Trinajstić information content (AvgIpc) is 2.78. The topological polar surface area (TPSA) is 55.1 Å². The molecule has 4 nitrogen and oxygen atoms in total. The summed E-state index contributed by atoms with van der Waals surface area (Å²) >= 11 is 0. The second kappa shape index (κ2) is 4.79. The highest BCUT2D eigenvalue weighted by atomic mass is 19.2. The van der Waals surface area contributed by atoms with E-state index in [1.54, 1.807) is 0 Å². The van der Waals surface area contributed by atoms with Gasteiger partial charge in [0.05, 0.1) is 5.69 Å². The molecule has 1 aromatic carbocycles. The minimum Gasteiger partial charge on any atom is -0.476 e. The van der Waals surface area contributed by atoms with E-state index in [-0.39, 0.29) is 11.7 Å². The lowest BCUT2D eigenvalue weighted by Gasteiger charge is -2.10. The lowest BCUT2D eigenvalue weighted by molar-refractivity contribution is 0.0689. The zero-order valence-corrected chi connectivity index (χ0v) is 10.4. The summed E-state index contributed by atoms with van der Waals surface area (Å²) in [6.45, 7) is 3.64. The number of hydrogen-bond acceptors (Lipinski definition) is 2. The van der Waals surface area contributed by atoms with Crippen LogP contribution in [0.15, 0.2) is 24.3 Å². The van der Waals surface area contributed by atoms with Crippen LogP contribution in [0.2, 0.25) is 0 Å². The summed E-state index contributed by atoms with van der Waals surface area (Å²) in [5, 5.41) is 12.9. The minimum absolute atomic E-state index is 0.101. The van der Waals surface area contributed by atoms with Crippen LogP contribution in [-0.2, 0) is 0 Å². The molecule has 0 spiro atoms. The van der Waals surface area contributed by atoms with E-state index < -0.39 is 17.6 Å². The predicted octanol–water partition coefficient (Wildman–Crippen LogP) is 3.11. The van der Waals surface area contributed by atoms with Crippen molar-refractivity contribution in [2.75, 3.05) is 0 Å². The van der Waals surface area contributed by atoms with E-state index in [2.05, 4.69) is 5.10 Å². The van der Waals surface area contributed by atoms with Gasteiger partial charge in [0.1, 0.15) is 0 Å². The number of benzene rings is 1. The van der Waals surface area contributed by atoms with E-state index in [0.29, 0.717) is 11.3 Å². The van der Waals surface area contributed by atoms with Gasteiger partial charge in [0.25, 0.3) is 0 Å². The molecule has 0 saturated carbocycles. The first-order valence-corrected chi connectivity index (χ1v) is 5.68. The molecular weight excluding hydrogens is 254 g/mol. The van der Waals surface area contributed by atoms with Gasteiger partial charge in [-0.1, -0.05) is 0 Å². The van der Waals surface area contributed by atoms with Gasteiger partial charge in [-0.3, -0.25) is 4.68 Å². The normalized spacial score (nSPS) is 11.0. The van der Waals surface area contributed by atoms with Gasteiger partial charge in [-0.2, -0.15) is 5.10 Å². The van der Waals surface area contributed by atoms with Crippen LogP contribution in [0.5, 0.6) is 0 Å². The van der Waals surface area contributed by atoms with Crippen LogP contribution in [0.1, 0.15) is 30.4 Å². The average molecular weight is 266 g/mol. The highest BCUT2D eigenvalue weighted by Crippen LogP contribution is 2.25. The van der Waals surface area contributed by atoms with Crippen molar-refractivity contribution in [1.29, 1.82) is 0 Å². The highest BCUT2D eigenvalue weighted by Gasteiger charge is 2.17. The molecule has 1 aromatic heterocycles. The van der Waals surface area contributed by atoms with Gasteiger partial charge in [0.2, 0.25) is 0 Å². The van der Waals surface area contributed by atoms with Crippen molar-refractivity contribution >= 4 is 5.97 Å². The molecule has 0 atom stereocenters. The lowest BCUT2D eigenvalue weighted by atomic mass is 10.1. The van der Waals surface area contributed by atoms with E-state index in [0.717, 1.165) is 12.1 Å². The first-order chi connectivity index (χ1) is 8.90. The summed E-state index contributed by atoms with van der Waals surface area (Å²) < 4.78 is 27.6. The van der Waals surface area contributed by atoms with Gasteiger partial charge in [0.15, 0.2) is 17.3 Å². The summed E-state index contributed by atoms with van der Waals surface area (Å²) in [5.41, 5.74) is 0.687. The maximum atomic E-state index is 13.2. The molecule has 0 amide bonds. The van der Waals surface area contributed by atoms with Gasteiger partial charge in [-0.25, -0.2) is 13.6 Å². The molecule has 2 rings (SSSR count). The van der Waals surface area contributed by atoms with Crippen molar-refractivity contribution in [3.8, 4) is 11.3 Å². The molecule has 0 bridgehead atoms. The van der Waals surface area contributed by atoms with E-state index in [1.807, 2.05) is 13.8 Å². The number of carboxylic acid groups (broad SMARTS) is 1. The second-order valence-corrected chi connectivity index (χ2v) is 4.39. The fourth-order valence-electron chi connectivity index (χ4n) is 1.76. The number of aromatic nitrogens is 2. The highest BCUT2D eigenvalue weighted by molar-refractivity contribution is 5.87. The van der Waals surface area contributed by atoms with Gasteiger partial charge in [0, 0.05) is 11.6 Å². The molecule has 0 aliphatic heterocycles. The Kier molecular flexibility index (Phi) is 3.33. The van der Waals surface area contributed by atoms with Crippen molar-refractivity contribution in [1.82, 2.24) is 9.78 Å². The molecule has 1 heterocycles. The Morgan fingerprint density at radius 3 is 2.47 bits per heavy atom. The molecule has 0 aliphatic rings. The Balaban J connectivity index is 2.59. The maximum Gasteiger partial charge on any atom is 0.356 e. The Morgan fingerprint density at radius 2 is 1.95 bits per heavy atom. The minimum atomic E-state index is -1.16. The molecule has 19 heavy (non-hydrogen) atoms. The Morgan fingerprint density at radius 1 is 1.26 bits per heavy atom. The maximum absolute atomic E-state index is 13.2. The zero-order valence-electron chi connectivity index (χ0n) is 10.4. The molecule has 2 aromatic rings. The third kappa shape index (κ3) is 2.47. The molecule has 0 radical (unpaired) electrons. The summed E-state index contributed by atoms with van der Waals surface area (Å²) in [7, 11) is 0. The third-order valence-electron chi connectivity index (χ3n) is 2.66. The van der Waals surface area contributed by atoms with Crippen LogP contribution in [0.25, 0.3) is 11.3 Å². The van der Waals surface area contributed by atoms with Gasteiger partial charge in [-0.05, 0) is 38.1 Å². The van der Waals surface area contributed by atoms with Crippen LogP contribution in [0.4, 0.5) is 8.78 Å². The van der Waals surface area contributed by atoms with Crippen LogP contribution >= 0.6 is 0 Å². The number of carboxylic acids is 1. The fraction of sp³-hybridized carbons (Fsp3) is 0.231. The van der Waals surface area contributed by atoms with Crippen molar-refractivity contribution in [2.24, 2.45) is 0 Å². The van der Waals surface area contributed by atoms with Crippen LogP contribution in [0, 0.1) is 11.6 Å². The third-order valence-corrected chi connectivity index (χ3v) is 2.66. The summed E-state index contributed by atoms with van der Waals surface area (Å²) in [5.74, 6) is -3.09. The number of rotatable bonds is 3. The Hall–Kier alpha value is -2.24. The largest absolute Gasteiger partial charge is 0.476 e. The van der Waals surface area contributed by atoms with Crippen LogP contribution in [-0.4, -0.2) is 20.9 Å². The lowest BCUT2D eigenvalue weighted by Crippen LogP contribution is -2.06. The molecule has 0 saturated heterocycles. The van der Waals surface area contributed by atoms with Gasteiger partial charge >= 0.3 is 5.97 Å². The first kappa shape index (κ1) is 13.2. The molecule has 100 valence electrons. The molecule has 6 heteroatoms. The molecule has 0 fully saturated rings. The van der Waals surface area contributed by atoms with Gasteiger partial charge in [-0.15, -0.1) is 0 Å². The summed E-state index contributed by atoms with van der Waals surface area (Å²) in [6.07, 6.45) is 0. The Bertz CT molecular complexity index is 636. The zero-order chi connectivity index (χ0) is 14.2. The van der Waals surface area contributed by atoms with Crippen molar-refractivity contribution in [2.45, 2.75) is 19.9 Å². The number of aromatic carboxylic acids is 1. The van der Waals surface area contributed by atoms with E-state index in [9.17, 15) is 13.6 Å². The Labute approximate surface area is 108 Å². The standard InChI is InChI=1S/C13H12F2N2O2/c1-7(2)17-12(6-11(16-17)13(18)19)8-3-4-9(14)10(15)5-8/h3-7H,1-2H3,(H,18,19). The quantitative estimate of drug-likeness (QED) is 0.928. The smallest absolute Gasteiger partial charge is 0.356 e. The number of nitrogens with zero attached hydrogens (tertiary/aromatic N) is 2. The number of hydrogen-bond donors (Lipinski definition) is 1. The van der Waals surface area contributed by atoms with Crippen molar-refractivity contribution in [3.05, 3.63) is 41.6 Å². The summed E-state index contributed by atoms with van der Waals surface area (Å²) in [4.78, 5) is 10.9. The second-order valence-electron chi connectivity index (χ2n) is 4.39. The monoisotopic (exact) mass is 266 g/mol. The van der Waals surface area contributed by atoms with E-state index in [1.165, 1.54) is 16.8 Å². The first-order valence-electron chi connectivity index (χ1n) is 5.68. The van der Waals surface area contributed by atoms with Crippen molar-refractivity contribution in [3.63, 3.8) is 0 Å². The SMILES string of the molecule is CC(C)n1nc(C(=O)O)cc1-c1ccc(F)c(F)c1. The number of halogens is 2. The molecule has 0 unspecified atom stereocenters. The van der Waals surface area contributed by atoms with Gasteiger partial charge < -0.3 is 5.11 Å². The predicted molar refractivity (Wildman–Crippen MR) is 64.9 cm³/mol. The molecule has 1 N–H and O–H groups in total. The number of carbonyl (C=O) groups is 1. The van der Waals surface area contributed by atoms with Crippen LogP contribution < -0.4 is 0 Å².